The molecule has 0 N–H and O–H groups in total. The molecule has 88 valence electrons. The number of carbonyl (C=O) groups is 2. The number of hydrogen-bond acceptors (Lipinski definition) is 2. The maximum absolute atomic E-state index is 11.9. The summed E-state index contributed by atoms with van der Waals surface area (Å²) in [6, 6.07) is 0. The molecule has 0 amide bonds. The summed E-state index contributed by atoms with van der Waals surface area (Å²) in [7, 11) is 0. The number of ketones is 2. The van der Waals surface area contributed by atoms with Gasteiger partial charge in [-0.15, -0.1) is 0 Å². The lowest BCUT2D eigenvalue weighted by Gasteiger charge is -2.19. The monoisotopic (exact) mass is 212 g/mol. The van der Waals surface area contributed by atoms with Crippen molar-refractivity contribution < 1.29 is 9.59 Å². The van der Waals surface area contributed by atoms with Crippen molar-refractivity contribution in [3.8, 4) is 0 Å². The normalized spacial score (nSPS) is 13.3. The Morgan fingerprint density at radius 2 is 1.53 bits per heavy atom. The smallest absolute Gasteiger partial charge is 0.143 e. The highest BCUT2D eigenvalue weighted by atomic mass is 16.1. The molecule has 0 spiro atoms. The van der Waals surface area contributed by atoms with E-state index in [1.165, 1.54) is 0 Å². The van der Waals surface area contributed by atoms with Gasteiger partial charge in [0.25, 0.3) is 0 Å². The molecule has 0 aromatic rings. The Hall–Kier alpha value is -0.660. The predicted molar refractivity (Wildman–Crippen MR) is 62.7 cm³/mol. The van der Waals surface area contributed by atoms with Crippen molar-refractivity contribution >= 4 is 11.6 Å². The highest BCUT2D eigenvalue weighted by Crippen LogP contribution is 2.19. The molecule has 0 aliphatic heterocycles. The van der Waals surface area contributed by atoms with E-state index in [-0.39, 0.29) is 23.4 Å². The van der Waals surface area contributed by atoms with Crippen LogP contribution in [-0.2, 0) is 9.59 Å². The van der Waals surface area contributed by atoms with Gasteiger partial charge < -0.3 is 0 Å². The fourth-order valence-corrected chi connectivity index (χ4v) is 1.85. The molecular weight excluding hydrogens is 188 g/mol. The first-order chi connectivity index (χ1) is 6.90. The molecule has 0 aromatic heterocycles. The van der Waals surface area contributed by atoms with E-state index >= 15 is 0 Å². The Balaban J connectivity index is 4.52. The van der Waals surface area contributed by atoms with Crippen LogP contribution in [0.1, 0.15) is 53.9 Å². The largest absolute Gasteiger partial charge is 0.299 e. The van der Waals surface area contributed by atoms with Crippen LogP contribution in [0.2, 0.25) is 0 Å². The average Bonchev–Trinajstić information content (AvgIpc) is 2.01. The van der Waals surface area contributed by atoms with Crippen molar-refractivity contribution in [3.05, 3.63) is 0 Å². The minimum atomic E-state index is -0.368. The fraction of sp³-hybridized carbons (Fsp3) is 0.846. The summed E-state index contributed by atoms with van der Waals surface area (Å²) >= 11 is 0. The average molecular weight is 212 g/mol. The maximum Gasteiger partial charge on any atom is 0.143 e. The van der Waals surface area contributed by atoms with Gasteiger partial charge in [0, 0.05) is 12.8 Å². The lowest BCUT2D eigenvalue weighted by atomic mass is 9.83. The van der Waals surface area contributed by atoms with Crippen molar-refractivity contribution in [2.75, 3.05) is 0 Å². The van der Waals surface area contributed by atoms with E-state index < -0.39 is 0 Å². The molecule has 0 unspecified atom stereocenters. The highest BCUT2D eigenvalue weighted by Gasteiger charge is 2.28. The van der Waals surface area contributed by atoms with Crippen LogP contribution >= 0.6 is 0 Å². The summed E-state index contributed by atoms with van der Waals surface area (Å²) in [5.74, 6) is 0.354. The third kappa shape index (κ3) is 5.10. The summed E-state index contributed by atoms with van der Waals surface area (Å²) in [5, 5.41) is 0. The van der Waals surface area contributed by atoms with Gasteiger partial charge in [0.15, 0.2) is 0 Å². The van der Waals surface area contributed by atoms with E-state index in [0.717, 1.165) is 6.42 Å². The maximum atomic E-state index is 11.9. The zero-order valence-electron chi connectivity index (χ0n) is 10.7. The van der Waals surface area contributed by atoms with Crippen LogP contribution < -0.4 is 0 Å². The number of carbonyl (C=O) groups excluding carboxylic acids is 2. The van der Waals surface area contributed by atoms with Gasteiger partial charge in [0.05, 0.1) is 5.92 Å². The second-order valence-corrected chi connectivity index (χ2v) is 5.00. The van der Waals surface area contributed by atoms with Crippen LogP contribution in [0.25, 0.3) is 0 Å². The van der Waals surface area contributed by atoms with E-state index in [4.69, 9.17) is 0 Å². The summed E-state index contributed by atoms with van der Waals surface area (Å²) in [4.78, 5) is 23.7. The topological polar surface area (TPSA) is 34.1 Å². The molecule has 0 aromatic carbocycles. The van der Waals surface area contributed by atoms with Gasteiger partial charge in [-0.3, -0.25) is 9.59 Å². The molecule has 0 saturated heterocycles. The summed E-state index contributed by atoms with van der Waals surface area (Å²) < 4.78 is 0. The second-order valence-electron chi connectivity index (χ2n) is 5.00. The van der Waals surface area contributed by atoms with Gasteiger partial charge in [-0.2, -0.15) is 0 Å². The zero-order valence-corrected chi connectivity index (χ0v) is 10.7. The Bertz CT molecular complexity index is 217. The molecule has 0 rings (SSSR count). The van der Waals surface area contributed by atoms with Crippen LogP contribution in [0.3, 0.4) is 0 Å². The molecule has 0 saturated carbocycles. The van der Waals surface area contributed by atoms with Gasteiger partial charge in [-0.1, -0.05) is 34.6 Å². The quantitative estimate of drug-likeness (QED) is 0.607. The molecule has 0 heterocycles. The Morgan fingerprint density at radius 1 is 1.00 bits per heavy atom. The Morgan fingerprint density at radius 3 is 1.87 bits per heavy atom. The first-order valence-corrected chi connectivity index (χ1v) is 5.95. The number of hydrogen-bond donors (Lipinski definition) is 0. The van der Waals surface area contributed by atoms with Crippen molar-refractivity contribution in [3.63, 3.8) is 0 Å². The van der Waals surface area contributed by atoms with Gasteiger partial charge >= 0.3 is 0 Å². The van der Waals surface area contributed by atoms with E-state index in [1.54, 1.807) is 0 Å². The number of Topliss-reactive ketones (excluding diaryl/α,β-unsaturated/α-hetero) is 2. The van der Waals surface area contributed by atoms with Gasteiger partial charge in [0.2, 0.25) is 0 Å². The molecule has 0 aliphatic carbocycles. The zero-order chi connectivity index (χ0) is 12.0. The minimum Gasteiger partial charge on any atom is -0.299 e. The van der Waals surface area contributed by atoms with E-state index in [0.29, 0.717) is 18.8 Å². The third-order valence-electron chi connectivity index (χ3n) is 2.47. The lowest BCUT2D eigenvalue weighted by Crippen LogP contribution is -2.29. The third-order valence-corrected chi connectivity index (χ3v) is 2.47. The minimum absolute atomic E-state index is 0.123. The molecule has 2 nitrogen and oxygen atoms in total. The fourth-order valence-electron chi connectivity index (χ4n) is 1.85. The van der Waals surface area contributed by atoms with Crippen LogP contribution in [0.4, 0.5) is 0 Å². The van der Waals surface area contributed by atoms with Crippen molar-refractivity contribution in [2.45, 2.75) is 53.9 Å². The lowest BCUT2D eigenvalue weighted by molar-refractivity contribution is -0.135. The van der Waals surface area contributed by atoms with Crippen LogP contribution in [0.5, 0.6) is 0 Å². The predicted octanol–water partition coefficient (Wildman–Crippen LogP) is 3.24. The molecule has 0 bridgehead atoms. The second kappa shape index (κ2) is 6.76. The first kappa shape index (κ1) is 14.3. The molecule has 1 atom stereocenters. The summed E-state index contributed by atoms with van der Waals surface area (Å²) in [6.07, 6.45) is 1.89. The molecule has 0 radical (unpaired) electrons. The first-order valence-electron chi connectivity index (χ1n) is 5.95. The van der Waals surface area contributed by atoms with Crippen molar-refractivity contribution in [1.82, 2.24) is 0 Å². The van der Waals surface area contributed by atoms with Crippen LogP contribution in [-0.4, -0.2) is 11.6 Å². The summed E-state index contributed by atoms with van der Waals surface area (Å²) in [6.45, 7) is 9.91. The molecular formula is C13H24O2. The van der Waals surface area contributed by atoms with Crippen molar-refractivity contribution in [1.29, 1.82) is 0 Å². The van der Waals surface area contributed by atoms with Crippen LogP contribution in [0.15, 0.2) is 0 Å². The highest BCUT2D eigenvalue weighted by molar-refractivity contribution is 6.02. The van der Waals surface area contributed by atoms with Crippen molar-refractivity contribution in [2.24, 2.45) is 17.8 Å². The SMILES string of the molecule is CCCC(=O)[C@H](C(=O)CC(C)C)C(C)C. The molecule has 0 aliphatic rings. The van der Waals surface area contributed by atoms with E-state index in [1.807, 2.05) is 34.6 Å². The van der Waals surface area contributed by atoms with Gasteiger partial charge in [0.1, 0.15) is 11.6 Å². The van der Waals surface area contributed by atoms with Gasteiger partial charge in [-0.05, 0) is 18.3 Å². The summed E-state index contributed by atoms with van der Waals surface area (Å²) in [5.41, 5.74) is 0. The van der Waals surface area contributed by atoms with Crippen LogP contribution in [0, 0.1) is 17.8 Å². The Kier molecular flexibility index (Phi) is 6.46. The van der Waals surface area contributed by atoms with Gasteiger partial charge in [-0.25, -0.2) is 0 Å². The molecule has 0 fully saturated rings. The van der Waals surface area contributed by atoms with E-state index in [2.05, 4.69) is 0 Å². The molecule has 2 heteroatoms. The van der Waals surface area contributed by atoms with E-state index in [9.17, 15) is 9.59 Å². The standard InChI is InChI=1S/C13H24O2/c1-6-7-11(14)13(10(4)5)12(15)8-9(2)3/h9-10,13H,6-8H2,1-5H3/t13-/m1/s1. The Labute approximate surface area is 93.4 Å². The number of rotatable bonds is 7. The molecule has 15 heavy (non-hydrogen) atoms.